The fraction of sp³-hybridized carbons (Fsp3) is 0.316. The fourth-order valence-corrected chi connectivity index (χ4v) is 2.23. The number of aromatic nitrogens is 2. The summed E-state index contributed by atoms with van der Waals surface area (Å²) in [7, 11) is 4.02. The molecule has 6 heteroatoms. The van der Waals surface area contributed by atoms with E-state index in [0.29, 0.717) is 30.4 Å². The van der Waals surface area contributed by atoms with E-state index in [1.54, 1.807) is 12.1 Å². The highest BCUT2D eigenvalue weighted by Crippen LogP contribution is 2.17. The third kappa shape index (κ3) is 6.00. The second-order valence-electron chi connectivity index (χ2n) is 5.91. The van der Waals surface area contributed by atoms with Crippen LogP contribution in [0.5, 0.6) is 0 Å². The summed E-state index contributed by atoms with van der Waals surface area (Å²) in [6.45, 7) is 5.78. The number of benzene rings is 1. The minimum Gasteiger partial charge on any atom is -0.366 e. The van der Waals surface area contributed by atoms with Crippen molar-refractivity contribution >= 4 is 11.7 Å². The lowest BCUT2D eigenvalue weighted by Gasteiger charge is -2.11. The van der Waals surface area contributed by atoms with Crippen LogP contribution in [0.15, 0.2) is 49.1 Å². The third-order valence-corrected chi connectivity index (χ3v) is 3.49. The average molecular weight is 339 g/mol. The van der Waals surface area contributed by atoms with E-state index in [1.807, 2.05) is 44.4 Å². The molecular formula is C19H25N5O. The zero-order valence-corrected chi connectivity index (χ0v) is 14.8. The number of hydrogen-bond acceptors (Lipinski definition) is 5. The predicted molar refractivity (Wildman–Crippen MR) is 102 cm³/mol. The van der Waals surface area contributed by atoms with Crippen LogP contribution in [-0.2, 0) is 0 Å². The van der Waals surface area contributed by atoms with Crippen molar-refractivity contribution in [3.05, 3.63) is 54.7 Å². The first-order valence-electron chi connectivity index (χ1n) is 8.32. The van der Waals surface area contributed by atoms with Crippen LogP contribution in [-0.4, -0.2) is 54.5 Å². The van der Waals surface area contributed by atoms with Crippen LogP contribution in [0.2, 0.25) is 0 Å². The van der Waals surface area contributed by atoms with Gasteiger partial charge in [0.2, 0.25) is 0 Å². The summed E-state index contributed by atoms with van der Waals surface area (Å²) < 4.78 is 0. The first-order chi connectivity index (χ1) is 12.1. The van der Waals surface area contributed by atoms with Crippen molar-refractivity contribution in [3.8, 4) is 11.4 Å². The molecule has 0 aliphatic carbocycles. The van der Waals surface area contributed by atoms with Crippen molar-refractivity contribution in [3.63, 3.8) is 0 Å². The molecule has 1 heterocycles. The Hall–Kier alpha value is -2.73. The Morgan fingerprint density at radius 2 is 2.00 bits per heavy atom. The standard InChI is InChI=1S/C19H25N5O/c1-4-11-20-17-14-16(19(25)21-12-8-13-24(2)3)22-18(23-17)15-9-6-5-7-10-15/h4-7,9-10,14H,1,8,11-13H2,2-3H3,(H,21,25)(H,20,22,23). The number of rotatable bonds is 9. The molecule has 0 saturated heterocycles. The van der Waals surface area contributed by atoms with E-state index in [9.17, 15) is 4.79 Å². The third-order valence-electron chi connectivity index (χ3n) is 3.49. The summed E-state index contributed by atoms with van der Waals surface area (Å²) in [5.41, 5.74) is 1.22. The van der Waals surface area contributed by atoms with Crippen molar-refractivity contribution in [2.24, 2.45) is 0 Å². The monoisotopic (exact) mass is 339 g/mol. The Balaban J connectivity index is 2.17. The maximum absolute atomic E-state index is 12.4. The number of anilines is 1. The molecule has 0 aliphatic rings. The molecule has 6 nitrogen and oxygen atoms in total. The molecule has 1 aromatic carbocycles. The molecule has 25 heavy (non-hydrogen) atoms. The number of carbonyl (C=O) groups is 1. The molecule has 1 aromatic heterocycles. The molecular weight excluding hydrogens is 314 g/mol. The minimum absolute atomic E-state index is 0.194. The van der Waals surface area contributed by atoms with E-state index in [4.69, 9.17) is 0 Å². The average Bonchev–Trinajstić information content (AvgIpc) is 2.63. The van der Waals surface area contributed by atoms with Gasteiger partial charge in [0, 0.05) is 24.7 Å². The van der Waals surface area contributed by atoms with E-state index in [0.717, 1.165) is 18.5 Å². The van der Waals surface area contributed by atoms with Gasteiger partial charge in [-0.1, -0.05) is 36.4 Å². The number of carbonyl (C=O) groups excluding carboxylic acids is 1. The van der Waals surface area contributed by atoms with Crippen LogP contribution in [0.25, 0.3) is 11.4 Å². The Kier molecular flexibility index (Phi) is 7.10. The molecule has 2 aromatic rings. The fourth-order valence-electron chi connectivity index (χ4n) is 2.23. The molecule has 132 valence electrons. The molecule has 2 N–H and O–H groups in total. The smallest absolute Gasteiger partial charge is 0.270 e. The van der Waals surface area contributed by atoms with Crippen LogP contribution in [0.4, 0.5) is 5.82 Å². The van der Waals surface area contributed by atoms with Crippen molar-refractivity contribution in [1.82, 2.24) is 20.2 Å². The van der Waals surface area contributed by atoms with Gasteiger partial charge in [-0.05, 0) is 27.1 Å². The van der Waals surface area contributed by atoms with Gasteiger partial charge in [0.25, 0.3) is 5.91 Å². The maximum Gasteiger partial charge on any atom is 0.270 e. The zero-order valence-electron chi connectivity index (χ0n) is 14.8. The minimum atomic E-state index is -0.194. The topological polar surface area (TPSA) is 70.2 Å². The van der Waals surface area contributed by atoms with Gasteiger partial charge in [-0.2, -0.15) is 0 Å². The number of hydrogen-bond donors (Lipinski definition) is 2. The number of nitrogens with one attached hydrogen (secondary N) is 2. The Bertz CT molecular complexity index is 700. The molecule has 0 bridgehead atoms. The predicted octanol–water partition coefficient (Wildman–Crippen LogP) is 2.42. The lowest BCUT2D eigenvalue weighted by molar-refractivity contribution is 0.0947. The number of nitrogens with zero attached hydrogens (tertiary/aromatic N) is 3. The Labute approximate surface area is 149 Å². The molecule has 0 saturated carbocycles. The van der Waals surface area contributed by atoms with Crippen LogP contribution in [0, 0.1) is 0 Å². The molecule has 0 unspecified atom stereocenters. The first kappa shape index (κ1) is 18.6. The van der Waals surface area contributed by atoms with E-state index in [-0.39, 0.29) is 5.91 Å². The second kappa shape index (κ2) is 9.54. The maximum atomic E-state index is 12.4. The SMILES string of the molecule is C=CCNc1cc(C(=O)NCCCN(C)C)nc(-c2ccccc2)n1. The quantitative estimate of drug-likeness (QED) is 0.542. The largest absolute Gasteiger partial charge is 0.366 e. The molecule has 0 fully saturated rings. The highest BCUT2D eigenvalue weighted by molar-refractivity contribution is 5.93. The summed E-state index contributed by atoms with van der Waals surface area (Å²) in [6, 6.07) is 11.3. The Morgan fingerprint density at radius 3 is 2.68 bits per heavy atom. The highest BCUT2D eigenvalue weighted by atomic mass is 16.1. The molecule has 0 radical (unpaired) electrons. The zero-order chi connectivity index (χ0) is 18.1. The second-order valence-corrected chi connectivity index (χ2v) is 5.91. The van der Waals surface area contributed by atoms with Crippen molar-refractivity contribution < 1.29 is 4.79 Å². The van der Waals surface area contributed by atoms with E-state index in [1.165, 1.54) is 0 Å². The van der Waals surface area contributed by atoms with Gasteiger partial charge < -0.3 is 15.5 Å². The molecule has 1 amide bonds. The summed E-state index contributed by atoms with van der Waals surface area (Å²) >= 11 is 0. The lowest BCUT2D eigenvalue weighted by atomic mass is 10.2. The van der Waals surface area contributed by atoms with Crippen LogP contribution >= 0.6 is 0 Å². The van der Waals surface area contributed by atoms with Crippen LogP contribution in [0.1, 0.15) is 16.9 Å². The molecule has 0 spiro atoms. The van der Waals surface area contributed by atoms with Crippen LogP contribution in [0.3, 0.4) is 0 Å². The van der Waals surface area contributed by atoms with Gasteiger partial charge in [0.05, 0.1) is 0 Å². The van der Waals surface area contributed by atoms with Gasteiger partial charge >= 0.3 is 0 Å². The van der Waals surface area contributed by atoms with E-state index in [2.05, 4.69) is 32.1 Å². The number of amides is 1. The van der Waals surface area contributed by atoms with E-state index >= 15 is 0 Å². The summed E-state index contributed by atoms with van der Waals surface area (Å²) in [5.74, 6) is 0.931. The summed E-state index contributed by atoms with van der Waals surface area (Å²) in [5, 5.41) is 6.04. The van der Waals surface area contributed by atoms with Crippen molar-refractivity contribution in [1.29, 1.82) is 0 Å². The first-order valence-corrected chi connectivity index (χ1v) is 8.32. The van der Waals surface area contributed by atoms with Gasteiger partial charge in [-0.15, -0.1) is 6.58 Å². The normalized spacial score (nSPS) is 10.5. The molecule has 0 atom stereocenters. The van der Waals surface area contributed by atoms with Crippen molar-refractivity contribution in [2.75, 3.05) is 39.0 Å². The van der Waals surface area contributed by atoms with Gasteiger partial charge in [0.1, 0.15) is 11.5 Å². The van der Waals surface area contributed by atoms with Crippen LogP contribution < -0.4 is 10.6 Å². The van der Waals surface area contributed by atoms with E-state index < -0.39 is 0 Å². The molecule has 0 aliphatic heterocycles. The summed E-state index contributed by atoms with van der Waals surface area (Å²) in [6.07, 6.45) is 2.63. The van der Waals surface area contributed by atoms with Gasteiger partial charge in [-0.25, -0.2) is 9.97 Å². The van der Waals surface area contributed by atoms with Gasteiger partial charge in [-0.3, -0.25) is 4.79 Å². The lowest BCUT2D eigenvalue weighted by Crippen LogP contribution is -2.28. The highest BCUT2D eigenvalue weighted by Gasteiger charge is 2.12. The summed E-state index contributed by atoms with van der Waals surface area (Å²) in [4.78, 5) is 23.4. The van der Waals surface area contributed by atoms with Crippen molar-refractivity contribution in [2.45, 2.75) is 6.42 Å². The molecule has 2 rings (SSSR count). The Morgan fingerprint density at radius 1 is 1.24 bits per heavy atom. The van der Waals surface area contributed by atoms with Gasteiger partial charge in [0.15, 0.2) is 5.82 Å².